The molecule has 0 aliphatic heterocycles. The summed E-state index contributed by atoms with van der Waals surface area (Å²) in [6.07, 6.45) is 3.62. The molecule has 32 heavy (non-hydrogen) atoms. The Morgan fingerprint density at radius 1 is 1.03 bits per heavy atom. The first-order valence-corrected chi connectivity index (χ1v) is 10.4. The minimum atomic E-state index is -0.542. The van der Waals surface area contributed by atoms with Gasteiger partial charge in [0.1, 0.15) is 11.9 Å². The van der Waals surface area contributed by atoms with Crippen LogP contribution in [0.3, 0.4) is 0 Å². The third-order valence-electron chi connectivity index (χ3n) is 5.34. The second kappa shape index (κ2) is 9.59. The van der Waals surface area contributed by atoms with Crippen LogP contribution in [0.15, 0.2) is 52.9 Å². The van der Waals surface area contributed by atoms with Gasteiger partial charge in [-0.3, -0.25) is 9.59 Å². The number of halogens is 1. The molecule has 0 saturated heterocycles. The summed E-state index contributed by atoms with van der Waals surface area (Å²) in [6, 6.07) is 13.4. The molecule has 0 bridgehead atoms. The van der Waals surface area contributed by atoms with Crippen LogP contribution in [0.5, 0.6) is 0 Å². The van der Waals surface area contributed by atoms with E-state index in [1.807, 2.05) is 24.3 Å². The van der Waals surface area contributed by atoms with E-state index in [0.29, 0.717) is 17.3 Å². The molecule has 1 fully saturated rings. The number of anilines is 3. The highest BCUT2D eigenvalue weighted by Gasteiger charge is 2.24. The lowest BCUT2D eigenvalue weighted by Crippen LogP contribution is -2.22. The van der Waals surface area contributed by atoms with Gasteiger partial charge in [-0.05, 0) is 67.5 Å². The number of hydrogen-bond acceptors (Lipinski definition) is 7. The Hall–Kier alpha value is -3.75. The molecular formula is C23H23FN4O4. The summed E-state index contributed by atoms with van der Waals surface area (Å²) in [5, 5.41) is 13.0. The van der Waals surface area contributed by atoms with Crippen molar-refractivity contribution in [2.75, 3.05) is 10.6 Å². The number of ether oxygens (including phenoxy) is 1. The third kappa shape index (κ3) is 5.48. The van der Waals surface area contributed by atoms with Gasteiger partial charge in [0, 0.05) is 18.3 Å². The molecular weight excluding hydrogens is 415 g/mol. The molecule has 1 aliphatic rings. The molecule has 9 heteroatoms. The lowest BCUT2D eigenvalue weighted by atomic mass is 9.82. The molecule has 1 amide bonds. The Kier molecular flexibility index (Phi) is 6.44. The van der Waals surface area contributed by atoms with E-state index < -0.39 is 11.7 Å². The molecule has 1 saturated carbocycles. The summed E-state index contributed by atoms with van der Waals surface area (Å²) in [4.78, 5) is 23.5. The number of carbonyl (C=O) groups is 2. The van der Waals surface area contributed by atoms with E-state index in [1.54, 1.807) is 6.07 Å². The molecule has 3 aromatic rings. The Morgan fingerprint density at radius 2 is 1.78 bits per heavy atom. The van der Waals surface area contributed by atoms with Crippen LogP contribution < -0.4 is 10.6 Å². The van der Waals surface area contributed by atoms with Gasteiger partial charge in [0.05, 0.1) is 0 Å². The van der Waals surface area contributed by atoms with Gasteiger partial charge >= 0.3 is 23.8 Å². The van der Waals surface area contributed by atoms with Gasteiger partial charge in [0.25, 0.3) is 0 Å². The zero-order valence-electron chi connectivity index (χ0n) is 17.5. The number of amides is 1. The van der Waals surface area contributed by atoms with E-state index in [9.17, 15) is 14.0 Å². The van der Waals surface area contributed by atoms with Crippen molar-refractivity contribution in [1.29, 1.82) is 0 Å². The number of aromatic nitrogens is 2. The van der Waals surface area contributed by atoms with E-state index in [1.165, 1.54) is 30.7 Å². The maximum Gasteiger partial charge on any atom is 0.320 e. The van der Waals surface area contributed by atoms with Crippen molar-refractivity contribution in [2.45, 2.75) is 44.6 Å². The smallest absolute Gasteiger partial charge is 0.320 e. The van der Waals surface area contributed by atoms with Gasteiger partial charge < -0.3 is 19.8 Å². The molecule has 0 unspecified atom stereocenters. The van der Waals surface area contributed by atoms with Crippen LogP contribution in [0.1, 0.15) is 54.8 Å². The fourth-order valence-electron chi connectivity index (χ4n) is 3.83. The van der Waals surface area contributed by atoms with E-state index in [4.69, 9.17) is 9.15 Å². The molecule has 1 aliphatic carbocycles. The third-order valence-corrected chi connectivity index (χ3v) is 5.34. The molecule has 0 spiro atoms. The molecule has 0 atom stereocenters. The highest BCUT2D eigenvalue weighted by Crippen LogP contribution is 2.34. The quantitative estimate of drug-likeness (QED) is 0.533. The normalized spacial score (nSPS) is 18.1. The average molecular weight is 438 g/mol. The first-order chi connectivity index (χ1) is 15.5. The van der Waals surface area contributed by atoms with Crippen LogP contribution in [0.4, 0.5) is 21.8 Å². The van der Waals surface area contributed by atoms with Gasteiger partial charge in [-0.15, -0.1) is 5.10 Å². The van der Waals surface area contributed by atoms with Crippen LogP contribution >= 0.6 is 0 Å². The van der Waals surface area contributed by atoms with Gasteiger partial charge in [0.2, 0.25) is 0 Å². The average Bonchev–Trinajstić information content (AvgIpc) is 3.23. The van der Waals surface area contributed by atoms with Crippen LogP contribution in [0.25, 0.3) is 0 Å². The standard InChI is InChI=1S/C23H23FN4O4/c1-14(29)31-20-11-7-16(8-12-20)15-5-9-18(10-6-15)25-21(30)22-27-28-23(32-22)26-19-4-2-3-17(24)13-19/h2-6,9-10,13,16,20H,7-8,11-12H2,1H3,(H,25,30)(H,26,28). The number of hydrogen-bond donors (Lipinski definition) is 2. The molecule has 0 radical (unpaired) electrons. The Morgan fingerprint density at radius 3 is 2.47 bits per heavy atom. The number of nitrogens with zero attached hydrogens (tertiary/aromatic N) is 2. The maximum absolute atomic E-state index is 13.3. The first-order valence-electron chi connectivity index (χ1n) is 10.4. The minimum absolute atomic E-state index is 0.0111. The van der Waals surface area contributed by atoms with Crippen molar-refractivity contribution < 1.29 is 23.1 Å². The second-order valence-electron chi connectivity index (χ2n) is 7.71. The Bertz CT molecular complexity index is 1090. The van der Waals surface area contributed by atoms with Gasteiger partial charge in [-0.2, -0.15) is 0 Å². The van der Waals surface area contributed by atoms with E-state index in [2.05, 4.69) is 20.8 Å². The predicted octanol–water partition coefficient (Wildman–Crippen LogP) is 4.79. The first kappa shape index (κ1) is 21.5. The lowest BCUT2D eigenvalue weighted by molar-refractivity contribution is -0.147. The summed E-state index contributed by atoms with van der Waals surface area (Å²) in [7, 11) is 0. The number of benzene rings is 2. The summed E-state index contributed by atoms with van der Waals surface area (Å²) < 4.78 is 23.9. The van der Waals surface area contributed by atoms with Crippen LogP contribution in [0, 0.1) is 5.82 Å². The monoisotopic (exact) mass is 438 g/mol. The fraction of sp³-hybridized carbons (Fsp3) is 0.304. The van der Waals surface area contributed by atoms with Crippen molar-refractivity contribution >= 4 is 29.3 Å². The molecule has 166 valence electrons. The van der Waals surface area contributed by atoms with Gasteiger partial charge in [0.15, 0.2) is 0 Å². The van der Waals surface area contributed by atoms with Crippen molar-refractivity contribution in [2.24, 2.45) is 0 Å². The number of rotatable bonds is 6. The zero-order valence-corrected chi connectivity index (χ0v) is 17.5. The zero-order chi connectivity index (χ0) is 22.5. The number of nitrogens with one attached hydrogen (secondary N) is 2. The van der Waals surface area contributed by atoms with E-state index in [-0.39, 0.29) is 24.0 Å². The summed E-state index contributed by atoms with van der Waals surface area (Å²) >= 11 is 0. The molecule has 4 rings (SSSR count). The van der Waals surface area contributed by atoms with Gasteiger partial charge in [-0.25, -0.2) is 4.39 Å². The molecule has 1 aromatic heterocycles. The van der Waals surface area contributed by atoms with Crippen molar-refractivity contribution in [1.82, 2.24) is 10.2 Å². The Balaban J connectivity index is 1.31. The van der Waals surface area contributed by atoms with Crippen molar-refractivity contribution in [3.63, 3.8) is 0 Å². The highest BCUT2D eigenvalue weighted by molar-refractivity contribution is 6.00. The van der Waals surface area contributed by atoms with Gasteiger partial charge in [-0.1, -0.05) is 23.3 Å². The summed E-state index contributed by atoms with van der Waals surface area (Å²) in [6.45, 7) is 1.44. The van der Waals surface area contributed by atoms with Crippen LogP contribution in [-0.2, 0) is 9.53 Å². The topological polar surface area (TPSA) is 106 Å². The van der Waals surface area contributed by atoms with E-state index >= 15 is 0 Å². The largest absolute Gasteiger partial charge is 0.463 e. The summed E-state index contributed by atoms with van der Waals surface area (Å²) in [5.41, 5.74) is 2.21. The SMILES string of the molecule is CC(=O)OC1CCC(c2ccc(NC(=O)c3nnc(Nc4cccc(F)c4)o3)cc2)CC1. The maximum atomic E-state index is 13.3. The predicted molar refractivity (Wildman–Crippen MR) is 115 cm³/mol. The second-order valence-corrected chi connectivity index (χ2v) is 7.71. The van der Waals surface area contributed by atoms with Crippen LogP contribution in [0.2, 0.25) is 0 Å². The molecule has 8 nitrogen and oxygen atoms in total. The van der Waals surface area contributed by atoms with Crippen molar-refractivity contribution in [3.05, 3.63) is 65.8 Å². The number of esters is 1. The molecule has 2 aromatic carbocycles. The van der Waals surface area contributed by atoms with Crippen molar-refractivity contribution in [3.8, 4) is 0 Å². The van der Waals surface area contributed by atoms with Crippen LogP contribution in [-0.4, -0.2) is 28.2 Å². The summed E-state index contributed by atoms with van der Waals surface area (Å²) in [5.74, 6) is -0.991. The fourth-order valence-corrected chi connectivity index (χ4v) is 3.83. The minimum Gasteiger partial charge on any atom is -0.463 e. The lowest BCUT2D eigenvalue weighted by Gasteiger charge is -2.28. The molecule has 1 heterocycles. The van der Waals surface area contributed by atoms with E-state index in [0.717, 1.165) is 25.7 Å². The Labute approximate surface area is 184 Å². The number of carbonyl (C=O) groups excluding carboxylic acids is 2. The highest BCUT2D eigenvalue weighted by atomic mass is 19.1. The molecule has 2 N–H and O–H groups in total.